The zero-order valence-corrected chi connectivity index (χ0v) is 15.8. The van der Waals surface area contributed by atoms with E-state index in [2.05, 4.69) is 10.6 Å². The molecule has 0 bridgehead atoms. The van der Waals surface area contributed by atoms with Gasteiger partial charge in [0.15, 0.2) is 0 Å². The van der Waals surface area contributed by atoms with Crippen LogP contribution in [0.15, 0.2) is 54.2 Å². The van der Waals surface area contributed by atoms with Crippen LogP contribution in [0.2, 0.25) is 5.02 Å². The molecule has 0 unspecified atom stereocenters. The van der Waals surface area contributed by atoms with Gasteiger partial charge in [0.25, 0.3) is 11.8 Å². The normalized spacial score (nSPS) is 10.9. The van der Waals surface area contributed by atoms with Crippen molar-refractivity contribution in [1.82, 2.24) is 10.6 Å². The maximum absolute atomic E-state index is 12.5. The highest BCUT2D eigenvalue weighted by molar-refractivity contribution is 6.34. The van der Waals surface area contributed by atoms with E-state index in [1.807, 2.05) is 0 Å². The minimum absolute atomic E-state index is 0.0412. The van der Waals surface area contributed by atoms with Gasteiger partial charge >= 0.3 is 5.97 Å². The average molecular weight is 403 g/mol. The standard InChI is InChI=1S/C20H19ClN2O5/c1-28-14-8-6-13(7-9-14)12-17(20(27)22-11-10-18(24)25)23-19(26)15-4-2-3-5-16(15)21/h2-9,12H,10-11H2,1H3,(H,22,27)(H,23,26)(H,24,25)/b17-12-. The molecule has 7 nitrogen and oxygen atoms in total. The summed E-state index contributed by atoms with van der Waals surface area (Å²) in [5, 5.41) is 14.0. The topological polar surface area (TPSA) is 105 Å². The van der Waals surface area contributed by atoms with Crippen LogP contribution in [0.4, 0.5) is 0 Å². The highest BCUT2D eigenvalue weighted by Crippen LogP contribution is 2.16. The lowest BCUT2D eigenvalue weighted by molar-refractivity contribution is -0.136. The van der Waals surface area contributed by atoms with E-state index in [0.717, 1.165) is 0 Å². The fraction of sp³-hybridized carbons (Fsp3) is 0.150. The van der Waals surface area contributed by atoms with Crippen molar-refractivity contribution in [2.24, 2.45) is 0 Å². The van der Waals surface area contributed by atoms with Crippen LogP contribution < -0.4 is 15.4 Å². The van der Waals surface area contributed by atoms with Gasteiger partial charge in [-0.3, -0.25) is 14.4 Å². The molecule has 2 amide bonds. The number of carbonyl (C=O) groups excluding carboxylic acids is 2. The third kappa shape index (κ3) is 6.14. The van der Waals surface area contributed by atoms with Gasteiger partial charge in [-0.25, -0.2) is 0 Å². The summed E-state index contributed by atoms with van der Waals surface area (Å²) in [6.07, 6.45) is 1.24. The van der Waals surface area contributed by atoms with Crippen molar-refractivity contribution >= 4 is 35.5 Å². The molecule has 0 fully saturated rings. The van der Waals surface area contributed by atoms with Gasteiger partial charge in [-0.1, -0.05) is 35.9 Å². The first-order valence-electron chi connectivity index (χ1n) is 8.32. The van der Waals surface area contributed by atoms with E-state index in [1.165, 1.54) is 19.3 Å². The second-order valence-electron chi connectivity index (χ2n) is 5.66. The quantitative estimate of drug-likeness (QED) is 0.589. The minimum Gasteiger partial charge on any atom is -0.497 e. The van der Waals surface area contributed by atoms with Crippen LogP contribution in [0.25, 0.3) is 6.08 Å². The Labute approximate surface area is 167 Å². The molecule has 0 saturated heterocycles. The van der Waals surface area contributed by atoms with Crippen LogP contribution >= 0.6 is 11.6 Å². The van der Waals surface area contributed by atoms with Crippen molar-refractivity contribution in [3.8, 4) is 5.75 Å². The van der Waals surface area contributed by atoms with Gasteiger partial charge in [0.2, 0.25) is 0 Å². The fourth-order valence-corrected chi connectivity index (χ4v) is 2.46. The SMILES string of the molecule is COc1ccc(/C=C(\NC(=O)c2ccccc2Cl)C(=O)NCCC(=O)O)cc1. The number of halogens is 1. The van der Waals surface area contributed by atoms with E-state index in [-0.39, 0.29) is 29.2 Å². The molecule has 0 aliphatic rings. The van der Waals surface area contributed by atoms with Crippen molar-refractivity contribution in [1.29, 1.82) is 0 Å². The summed E-state index contributed by atoms with van der Waals surface area (Å²) in [7, 11) is 1.54. The van der Waals surface area contributed by atoms with Crippen LogP contribution in [0.1, 0.15) is 22.3 Å². The Morgan fingerprint density at radius 2 is 1.79 bits per heavy atom. The second kappa shape index (κ2) is 10.1. The predicted octanol–water partition coefficient (Wildman–Crippen LogP) is 2.71. The van der Waals surface area contributed by atoms with E-state index in [0.29, 0.717) is 11.3 Å². The average Bonchev–Trinajstić information content (AvgIpc) is 2.68. The molecule has 3 N–H and O–H groups in total. The molecule has 2 aromatic carbocycles. The number of rotatable bonds is 8. The van der Waals surface area contributed by atoms with Crippen LogP contribution in [0.5, 0.6) is 5.75 Å². The first-order valence-corrected chi connectivity index (χ1v) is 8.70. The Hall–Kier alpha value is -3.32. The van der Waals surface area contributed by atoms with E-state index in [9.17, 15) is 14.4 Å². The fourth-order valence-electron chi connectivity index (χ4n) is 2.24. The van der Waals surface area contributed by atoms with Crippen LogP contribution in [0, 0.1) is 0 Å². The Morgan fingerprint density at radius 1 is 1.11 bits per heavy atom. The summed E-state index contributed by atoms with van der Waals surface area (Å²) in [4.78, 5) is 35.6. The van der Waals surface area contributed by atoms with E-state index in [4.69, 9.17) is 21.4 Å². The molecule has 0 aliphatic carbocycles. The minimum atomic E-state index is -1.04. The largest absolute Gasteiger partial charge is 0.497 e. The van der Waals surface area contributed by atoms with Crippen LogP contribution in [-0.4, -0.2) is 36.5 Å². The molecule has 2 aromatic rings. The third-order valence-electron chi connectivity index (χ3n) is 3.66. The molecule has 0 aliphatic heterocycles. The number of benzene rings is 2. The van der Waals surface area contributed by atoms with Crippen molar-refractivity contribution < 1.29 is 24.2 Å². The zero-order chi connectivity index (χ0) is 20.5. The van der Waals surface area contributed by atoms with E-state index >= 15 is 0 Å². The predicted molar refractivity (Wildman–Crippen MR) is 105 cm³/mol. The van der Waals surface area contributed by atoms with Crippen molar-refractivity contribution in [3.63, 3.8) is 0 Å². The molecule has 0 saturated carbocycles. The summed E-state index contributed by atoms with van der Waals surface area (Å²) in [5.74, 6) is -1.57. The Morgan fingerprint density at radius 3 is 2.39 bits per heavy atom. The molecular formula is C20H19ClN2O5. The highest BCUT2D eigenvalue weighted by Gasteiger charge is 2.16. The first kappa shape index (κ1) is 21.0. The van der Waals surface area contributed by atoms with Gasteiger partial charge in [0, 0.05) is 6.54 Å². The zero-order valence-electron chi connectivity index (χ0n) is 15.1. The number of carboxylic acids is 1. The summed E-state index contributed by atoms with van der Waals surface area (Å²) < 4.78 is 5.09. The van der Waals surface area contributed by atoms with Crippen molar-refractivity contribution in [2.75, 3.05) is 13.7 Å². The van der Waals surface area contributed by atoms with Gasteiger partial charge in [-0.05, 0) is 35.9 Å². The molecule has 28 heavy (non-hydrogen) atoms. The summed E-state index contributed by atoms with van der Waals surface area (Å²) >= 11 is 6.03. The van der Waals surface area contributed by atoms with E-state index in [1.54, 1.807) is 42.5 Å². The van der Waals surface area contributed by atoms with Gasteiger partial charge in [0.1, 0.15) is 11.4 Å². The molecule has 0 heterocycles. The maximum atomic E-state index is 12.5. The van der Waals surface area contributed by atoms with Crippen LogP contribution in [-0.2, 0) is 9.59 Å². The number of hydrogen-bond acceptors (Lipinski definition) is 4. The lowest BCUT2D eigenvalue weighted by atomic mass is 10.1. The van der Waals surface area contributed by atoms with Crippen molar-refractivity contribution in [2.45, 2.75) is 6.42 Å². The molecule has 146 valence electrons. The number of ether oxygens (including phenoxy) is 1. The number of carboxylic acid groups (broad SMARTS) is 1. The number of carbonyl (C=O) groups is 3. The number of amides is 2. The molecule has 2 rings (SSSR count). The maximum Gasteiger partial charge on any atom is 0.305 e. The van der Waals surface area contributed by atoms with Gasteiger partial charge in [-0.2, -0.15) is 0 Å². The lowest BCUT2D eigenvalue weighted by Gasteiger charge is -2.11. The van der Waals surface area contributed by atoms with E-state index < -0.39 is 17.8 Å². The highest BCUT2D eigenvalue weighted by atomic mass is 35.5. The molecule has 8 heteroatoms. The van der Waals surface area contributed by atoms with Gasteiger partial charge in [0.05, 0.1) is 24.1 Å². The number of methoxy groups -OCH3 is 1. The lowest BCUT2D eigenvalue weighted by Crippen LogP contribution is -2.35. The second-order valence-corrected chi connectivity index (χ2v) is 6.07. The molecule has 0 spiro atoms. The summed E-state index contributed by atoms with van der Waals surface area (Å²) in [6, 6.07) is 13.3. The molecular weight excluding hydrogens is 384 g/mol. The smallest absolute Gasteiger partial charge is 0.305 e. The summed E-state index contributed by atoms with van der Waals surface area (Å²) in [5.41, 5.74) is 0.812. The summed E-state index contributed by atoms with van der Waals surface area (Å²) in [6.45, 7) is -0.0733. The Kier molecular flexibility index (Phi) is 7.59. The number of nitrogens with one attached hydrogen (secondary N) is 2. The number of hydrogen-bond donors (Lipinski definition) is 3. The Balaban J connectivity index is 2.25. The first-order chi connectivity index (χ1) is 13.4. The number of aliphatic carboxylic acids is 1. The monoisotopic (exact) mass is 402 g/mol. The molecule has 0 atom stereocenters. The Bertz CT molecular complexity index is 894. The van der Waals surface area contributed by atoms with Gasteiger partial charge in [-0.15, -0.1) is 0 Å². The molecule has 0 aromatic heterocycles. The molecule has 0 radical (unpaired) electrons. The van der Waals surface area contributed by atoms with Crippen LogP contribution in [0.3, 0.4) is 0 Å². The van der Waals surface area contributed by atoms with Crippen molar-refractivity contribution in [3.05, 3.63) is 70.4 Å². The third-order valence-corrected chi connectivity index (χ3v) is 3.99. The van der Waals surface area contributed by atoms with Gasteiger partial charge < -0.3 is 20.5 Å².